The van der Waals surface area contributed by atoms with Crippen LogP contribution in [-0.2, 0) is 23.6 Å². The number of hydrogen-bond donors (Lipinski definition) is 1. The third-order valence-corrected chi connectivity index (χ3v) is 4.06. The van der Waals surface area contributed by atoms with Crippen LogP contribution in [-0.4, -0.2) is 24.8 Å². The minimum Gasteiger partial charge on any atom is -0.442 e. The van der Waals surface area contributed by atoms with Crippen LogP contribution in [0.1, 0.15) is 5.56 Å². The monoisotopic (exact) mass is 430 g/mol. The van der Waals surface area contributed by atoms with Gasteiger partial charge in [0.15, 0.2) is 0 Å². The normalized spacial score (nSPS) is 9.62. The molecule has 1 N–H and O–H groups in total. The Morgan fingerprint density at radius 1 is 0.846 bits per heavy atom. The van der Waals surface area contributed by atoms with Crippen molar-refractivity contribution in [3.05, 3.63) is 84.4 Å². The molecule has 0 aromatic heterocycles. The summed E-state index contributed by atoms with van der Waals surface area (Å²) in [6, 6.07) is 26.7. The number of halogens is 2. The molecule has 0 radical (unpaired) electrons. The molecule has 0 aliphatic rings. The topological polar surface area (TPSA) is 15.3 Å². The van der Waals surface area contributed by atoms with Crippen LogP contribution in [0.4, 0.5) is 11.4 Å². The second kappa shape index (κ2) is 13.8. The summed E-state index contributed by atoms with van der Waals surface area (Å²) in [6.45, 7) is 2.47. The molecule has 0 spiro atoms. The molecule has 2 nitrogen and oxygen atoms in total. The molecule has 0 atom stereocenters. The van der Waals surface area contributed by atoms with Gasteiger partial charge in [-0.15, -0.1) is 28.9 Å². The fourth-order valence-electron chi connectivity index (χ4n) is 2.42. The van der Waals surface area contributed by atoms with Crippen molar-refractivity contribution in [2.45, 2.75) is 6.54 Å². The molecule has 3 aromatic rings. The number of rotatable bonds is 8. The Morgan fingerprint density at radius 2 is 1.50 bits per heavy atom. The van der Waals surface area contributed by atoms with Crippen LogP contribution in [0.3, 0.4) is 0 Å². The Labute approximate surface area is 177 Å². The van der Waals surface area contributed by atoms with Crippen LogP contribution < -0.4 is 10.2 Å². The average Bonchev–Trinajstić information content (AvgIpc) is 3.36. The molecule has 0 saturated heterocycles. The molecule has 0 aliphatic heterocycles. The molecule has 0 bridgehead atoms. The van der Waals surface area contributed by atoms with Crippen LogP contribution >= 0.6 is 23.2 Å². The van der Waals surface area contributed by atoms with E-state index in [4.69, 9.17) is 23.2 Å². The van der Waals surface area contributed by atoms with Crippen LogP contribution in [0.2, 0.25) is 0 Å². The number of hydrogen-bond acceptors (Lipinski definition) is 2. The fraction of sp³-hybridized carbons (Fsp3) is 0.238. The van der Waals surface area contributed by atoms with Crippen molar-refractivity contribution in [2.24, 2.45) is 0 Å². The number of anilines is 2. The predicted molar refractivity (Wildman–Crippen MR) is 111 cm³/mol. The zero-order valence-corrected chi connectivity index (χ0v) is 17.2. The molecule has 3 aromatic carbocycles. The van der Waals surface area contributed by atoms with E-state index in [-0.39, 0.29) is 17.1 Å². The molecule has 0 unspecified atom stereocenters. The number of benzene rings is 1. The Morgan fingerprint density at radius 3 is 1.96 bits per heavy atom. The molecular formula is C21H24Cl2FeN2. The zero-order valence-electron chi connectivity index (χ0n) is 14.6. The smallest absolute Gasteiger partial charge is 0.442 e. The van der Waals surface area contributed by atoms with Gasteiger partial charge in [-0.1, -0.05) is 12.1 Å². The third-order valence-electron chi connectivity index (χ3n) is 3.73. The summed E-state index contributed by atoms with van der Waals surface area (Å²) >= 11 is 11.7. The Kier molecular flexibility index (Phi) is 12.0. The molecule has 0 saturated carbocycles. The fourth-order valence-corrected chi connectivity index (χ4v) is 2.82. The Hall–Kier alpha value is -1.38. The van der Waals surface area contributed by atoms with E-state index < -0.39 is 0 Å². The van der Waals surface area contributed by atoms with E-state index in [0.717, 1.165) is 25.3 Å². The van der Waals surface area contributed by atoms with E-state index >= 15 is 0 Å². The second-order valence-electron chi connectivity index (χ2n) is 5.52. The van der Waals surface area contributed by atoms with E-state index in [0.29, 0.717) is 11.8 Å². The molecule has 0 aliphatic carbocycles. The van der Waals surface area contributed by atoms with Crippen molar-refractivity contribution in [1.29, 1.82) is 0 Å². The number of alkyl halides is 2. The van der Waals surface area contributed by atoms with Crippen molar-refractivity contribution < 1.29 is 17.1 Å². The summed E-state index contributed by atoms with van der Waals surface area (Å²) < 4.78 is 0. The minimum absolute atomic E-state index is 0. The first-order chi connectivity index (χ1) is 12.3. The molecule has 140 valence electrons. The third kappa shape index (κ3) is 8.33. The van der Waals surface area contributed by atoms with Gasteiger partial charge in [0.05, 0.1) is 0 Å². The van der Waals surface area contributed by atoms with Crippen LogP contribution in [0.5, 0.6) is 0 Å². The summed E-state index contributed by atoms with van der Waals surface area (Å²) in [7, 11) is 0. The summed E-state index contributed by atoms with van der Waals surface area (Å²) in [6.07, 6.45) is 0. The van der Waals surface area contributed by atoms with Gasteiger partial charge in [-0.05, 0) is 17.7 Å². The van der Waals surface area contributed by atoms with Gasteiger partial charge in [0.2, 0.25) is 0 Å². The Balaban J connectivity index is 0.000000486. The van der Waals surface area contributed by atoms with Crippen molar-refractivity contribution in [3.63, 3.8) is 0 Å². The molecule has 5 heteroatoms. The Bertz CT molecular complexity index is 629. The molecule has 0 amide bonds. The molecule has 3 rings (SSSR count). The molecule has 0 fully saturated rings. The standard InChI is InChI=1S/C16H19Cl2N2.C5H5.Fe/c17-9-11-20(12-10-18)16-7-5-14(6-8-16)13-19-15-3-1-2-4-15;1-2-4-5-3-1;/h1-8,19H,9-13H2;1-5H;/q2*-1;+2. The predicted octanol–water partition coefficient (Wildman–Crippen LogP) is 5.70. The maximum atomic E-state index is 5.83. The van der Waals surface area contributed by atoms with E-state index in [1.807, 2.05) is 42.5 Å². The summed E-state index contributed by atoms with van der Waals surface area (Å²) in [5, 5.41) is 3.38. The van der Waals surface area contributed by atoms with Crippen molar-refractivity contribution in [3.8, 4) is 0 Å². The minimum atomic E-state index is 0. The van der Waals surface area contributed by atoms with Gasteiger partial charge >= 0.3 is 17.1 Å². The van der Waals surface area contributed by atoms with Gasteiger partial charge in [0.1, 0.15) is 0 Å². The van der Waals surface area contributed by atoms with Crippen LogP contribution in [0.15, 0.2) is 78.9 Å². The van der Waals surface area contributed by atoms with Crippen LogP contribution in [0.25, 0.3) is 0 Å². The van der Waals surface area contributed by atoms with E-state index in [2.05, 4.69) is 46.6 Å². The molecule has 0 heterocycles. The summed E-state index contributed by atoms with van der Waals surface area (Å²) in [5.41, 5.74) is 3.58. The van der Waals surface area contributed by atoms with Gasteiger partial charge in [0, 0.05) is 37.1 Å². The van der Waals surface area contributed by atoms with Gasteiger partial charge in [-0.3, -0.25) is 0 Å². The van der Waals surface area contributed by atoms with E-state index in [9.17, 15) is 0 Å². The maximum Gasteiger partial charge on any atom is 2.00 e. The quantitative estimate of drug-likeness (QED) is 0.280. The van der Waals surface area contributed by atoms with Gasteiger partial charge in [-0.25, -0.2) is 12.1 Å². The van der Waals surface area contributed by atoms with Gasteiger partial charge in [0.25, 0.3) is 0 Å². The zero-order chi connectivity index (χ0) is 17.7. The van der Waals surface area contributed by atoms with E-state index in [1.54, 1.807) is 0 Å². The number of nitrogens with zero attached hydrogens (tertiary/aromatic N) is 1. The first-order valence-corrected chi connectivity index (χ1v) is 9.48. The largest absolute Gasteiger partial charge is 2.00 e. The molecule has 26 heavy (non-hydrogen) atoms. The van der Waals surface area contributed by atoms with Crippen LogP contribution in [0, 0.1) is 0 Å². The molecular weight excluding hydrogens is 407 g/mol. The van der Waals surface area contributed by atoms with Crippen molar-refractivity contribution in [1.82, 2.24) is 0 Å². The SMILES string of the molecule is ClCCN(CCCl)c1ccc(CNc2cc[cH-]c2)cc1.[Fe+2].c1cc[cH-]c1. The summed E-state index contributed by atoms with van der Waals surface area (Å²) in [4.78, 5) is 2.20. The maximum absolute atomic E-state index is 5.83. The van der Waals surface area contributed by atoms with Crippen molar-refractivity contribution in [2.75, 3.05) is 35.1 Å². The average molecular weight is 431 g/mol. The van der Waals surface area contributed by atoms with E-state index in [1.165, 1.54) is 11.3 Å². The van der Waals surface area contributed by atoms with Crippen molar-refractivity contribution >= 4 is 34.6 Å². The first kappa shape index (κ1) is 22.7. The number of nitrogens with one attached hydrogen (secondary N) is 1. The first-order valence-electron chi connectivity index (χ1n) is 8.41. The van der Waals surface area contributed by atoms with Gasteiger partial charge in [-0.2, -0.15) is 42.5 Å². The second-order valence-corrected chi connectivity index (χ2v) is 6.28. The summed E-state index contributed by atoms with van der Waals surface area (Å²) in [5.74, 6) is 1.22. The van der Waals surface area contributed by atoms with Gasteiger partial charge < -0.3 is 10.2 Å².